The molecular weight excluding hydrogens is 519 g/mol. The quantitative estimate of drug-likeness (QED) is 0.315. The van der Waals surface area contributed by atoms with Crippen molar-refractivity contribution in [3.63, 3.8) is 0 Å². The van der Waals surface area contributed by atoms with E-state index in [2.05, 4.69) is 42.4 Å². The molecule has 2 aromatic heterocycles. The fraction of sp³-hybridized carbons (Fsp3) is 0.333. The Morgan fingerprint density at radius 1 is 1.08 bits per heavy atom. The van der Waals surface area contributed by atoms with E-state index in [-0.39, 0.29) is 17.2 Å². The van der Waals surface area contributed by atoms with Crippen LogP contribution in [0.4, 0.5) is 38.9 Å². The summed E-state index contributed by atoms with van der Waals surface area (Å²) in [6.07, 6.45) is 4.06. The zero-order valence-corrected chi connectivity index (χ0v) is 22.9. The van der Waals surface area contributed by atoms with Crippen molar-refractivity contribution in [1.29, 1.82) is 0 Å². The van der Waals surface area contributed by atoms with Crippen molar-refractivity contribution in [3.05, 3.63) is 60.5 Å². The van der Waals surface area contributed by atoms with Gasteiger partial charge in [-0.15, -0.1) is 0 Å². The molecule has 39 heavy (non-hydrogen) atoms. The van der Waals surface area contributed by atoms with Gasteiger partial charge in [0.15, 0.2) is 0 Å². The molecule has 0 atom stereocenters. The number of H-pyrrole nitrogens is 1. The minimum absolute atomic E-state index is 0.269. The molecule has 0 aliphatic carbocycles. The van der Waals surface area contributed by atoms with Gasteiger partial charge in [0.1, 0.15) is 17.3 Å². The summed E-state index contributed by atoms with van der Waals surface area (Å²) in [6.45, 7) is 3.91. The molecule has 10 nitrogen and oxygen atoms in total. The molecule has 2 aliphatic rings. The minimum atomic E-state index is -3.47. The number of anilines is 6. The lowest BCUT2D eigenvalue weighted by molar-refractivity contribution is 0.216. The summed E-state index contributed by atoms with van der Waals surface area (Å²) in [7, 11) is 0.166. The Hall–Kier alpha value is -3.90. The normalized spacial score (nSPS) is 17.0. The second kappa shape index (κ2) is 9.38. The summed E-state index contributed by atoms with van der Waals surface area (Å²) in [5.41, 5.74) is 3.04. The summed E-state index contributed by atoms with van der Waals surface area (Å²) in [5, 5.41) is 7.10. The van der Waals surface area contributed by atoms with Crippen molar-refractivity contribution >= 4 is 55.6 Å². The monoisotopic (exact) mass is 550 g/mol. The second-order valence-electron chi connectivity index (χ2n) is 10.6. The summed E-state index contributed by atoms with van der Waals surface area (Å²) >= 11 is 0. The van der Waals surface area contributed by atoms with Crippen LogP contribution in [0.25, 0.3) is 11.0 Å². The van der Waals surface area contributed by atoms with Crippen LogP contribution in [0.3, 0.4) is 0 Å². The van der Waals surface area contributed by atoms with Gasteiger partial charge >= 0.3 is 0 Å². The van der Waals surface area contributed by atoms with Gasteiger partial charge in [-0.1, -0.05) is 12.1 Å². The average molecular weight is 551 g/mol. The molecule has 6 rings (SSSR count). The van der Waals surface area contributed by atoms with Crippen molar-refractivity contribution in [2.45, 2.75) is 6.42 Å². The number of benzene rings is 2. The first kappa shape index (κ1) is 25.4. The van der Waals surface area contributed by atoms with E-state index in [0.717, 1.165) is 44.2 Å². The first-order chi connectivity index (χ1) is 18.6. The summed E-state index contributed by atoms with van der Waals surface area (Å²) in [6, 6.07) is 14.0. The lowest BCUT2D eigenvalue weighted by atomic mass is 9.78. The smallest absolute Gasteiger partial charge is 0.232 e. The zero-order valence-electron chi connectivity index (χ0n) is 22.1. The van der Waals surface area contributed by atoms with Gasteiger partial charge in [-0.25, -0.2) is 12.8 Å². The second-order valence-corrected chi connectivity index (χ2v) is 12.7. The molecule has 2 fully saturated rings. The zero-order chi connectivity index (χ0) is 27.4. The first-order valence-corrected chi connectivity index (χ1v) is 14.6. The maximum Gasteiger partial charge on any atom is 0.232 e. The van der Waals surface area contributed by atoms with E-state index < -0.39 is 10.0 Å². The van der Waals surface area contributed by atoms with Crippen LogP contribution in [0.1, 0.15) is 6.42 Å². The molecule has 0 saturated carbocycles. The van der Waals surface area contributed by atoms with Crippen molar-refractivity contribution in [3.8, 4) is 0 Å². The number of aromatic amines is 1. The van der Waals surface area contributed by atoms with Gasteiger partial charge in [0.05, 0.1) is 28.7 Å². The number of rotatable bonds is 7. The van der Waals surface area contributed by atoms with Crippen LogP contribution in [-0.4, -0.2) is 74.8 Å². The predicted octanol–water partition coefficient (Wildman–Crippen LogP) is 4.12. The molecule has 3 N–H and O–H groups in total. The van der Waals surface area contributed by atoms with Crippen molar-refractivity contribution in [2.24, 2.45) is 5.41 Å². The highest BCUT2D eigenvalue weighted by atomic mass is 32.2. The Balaban J connectivity index is 1.24. The number of halogens is 1. The summed E-state index contributed by atoms with van der Waals surface area (Å²) in [4.78, 5) is 16.7. The summed E-state index contributed by atoms with van der Waals surface area (Å²) < 4.78 is 40.7. The third-order valence-corrected chi connectivity index (χ3v) is 8.83. The van der Waals surface area contributed by atoms with Crippen LogP contribution in [0.2, 0.25) is 0 Å². The van der Waals surface area contributed by atoms with E-state index in [1.54, 1.807) is 30.5 Å². The summed E-state index contributed by atoms with van der Waals surface area (Å²) in [5.74, 6) is 0.450. The number of aromatic nitrogens is 3. The van der Waals surface area contributed by atoms with Gasteiger partial charge in [0, 0.05) is 44.0 Å². The molecule has 2 aromatic carbocycles. The Bertz CT molecular complexity index is 1650. The number of nitrogens with zero attached hydrogens (tertiary/aromatic N) is 5. The lowest BCUT2D eigenvalue weighted by Crippen LogP contribution is -2.57. The molecule has 4 heterocycles. The fourth-order valence-corrected chi connectivity index (χ4v) is 6.09. The number of likely N-dealkylation sites (tertiary alicyclic amines) is 1. The molecule has 0 radical (unpaired) electrons. The Labute approximate surface area is 226 Å². The Kier molecular flexibility index (Phi) is 6.11. The van der Waals surface area contributed by atoms with E-state index in [0.29, 0.717) is 34.2 Å². The van der Waals surface area contributed by atoms with Gasteiger partial charge in [-0.3, -0.25) is 4.31 Å². The number of sulfonamides is 1. The van der Waals surface area contributed by atoms with Crippen LogP contribution in [-0.2, 0) is 10.0 Å². The van der Waals surface area contributed by atoms with Crippen LogP contribution < -0.4 is 19.8 Å². The predicted molar refractivity (Wildman–Crippen MR) is 153 cm³/mol. The van der Waals surface area contributed by atoms with E-state index in [1.807, 2.05) is 18.2 Å². The van der Waals surface area contributed by atoms with E-state index in [1.165, 1.54) is 17.4 Å². The molecule has 1 spiro atoms. The van der Waals surface area contributed by atoms with Gasteiger partial charge < -0.3 is 25.4 Å². The molecule has 12 heteroatoms. The van der Waals surface area contributed by atoms with E-state index >= 15 is 4.39 Å². The molecule has 2 saturated heterocycles. The van der Waals surface area contributed by atoms with Crippen LogP contribution >= 0.6 is 0 Å². The Morgan fingerprint density at radius 3 is 2.59 bits per heavy atom. The van der Waals surface area contributed by atoms with Gasteiger partial charge in [0.2, 0.25) is 16.0 Å². The average Bonchev–Trinajstić information content (AvgIpc) is 3.50. The molecule has 0 unspecified atom stereocenters. The van der Waals surface area contributed by atoms with E-state index in [4.69, 9.17) is 0 Å². The maximum absolute atomic E-state index is 15.2. The van der Waals surface area contributed by atoms with Crippen molar-refractivity contribution < 1.29 is 12.8 Å². The molecule has 0 amide bonds. The molecule has 2 aliphatic heterocycles. The van der Waals surface area contributed by atoms with Crippen LogP contribution in [0.15, 0.2) is 54.7 Å². The minimum Gasteiger partial charge on any atom is -0.368 e. The molecule has 4 aromatic rings. The maximum atomic E-state index is 15.2. The third kappa shape index (κ3) is 4.85. The topological polar surface area (TPSA) is 109 Å². The van der Waals surface area contributed by atoms with Crippen molar-refractivity contribution in [1.82, 2.24) is 19.9 Å². The largest absolute Gasteiger partial charge is 0.368 e. The SMILES string of the molecule is CN1CCC2(C1)CN(c1ccc(Nc3nc(Nc4ccccc4N(C)S(C)(=O)=O)c4cc[nH]c4n3)cc1F)C2. The van der Waals surface area contributed by atoms with Crippen LogP contribution in [0, 0.1) is 11.2 Å². The Morgan fingerprint density at radius 2 is 1.87 bits per heavy atom. The molecule has 204 valence electrons. The number of para-hydroxylation sites is 2. The van der Waals surface area contributed by atoms with Gasteiger partial charge in [-0.05, 0) is 56.4 Å². The number of hydrogen-bond acceptors (Lipinski definition) is 8. The molecule has 0 bridgehead atoms. The van der Waals surface area contributed by atoms with Crippen molar-refractivity contribution in [2.75, 3.05) is 66.4 Å². The fourth-order valence-electron chi connectivity index (χ4n) is 5.57. The highest BCUT2D eigenvalue weighted by Crippen LogP contribution is 2.42. The lowest BCUT2D eigenvalue weighted by Gasteiger charge is -2.49. The number of fused-ring (bicyclic) bond motifs is 1. The first-order valence-electron chi connectivity index (χ1n) is 12.8. The van der Waals surface area contributed by atoms with E-state index in [9.17, 15) is 8.42 Å². The number of hydrogen-bond donors (Lipinski definition) is 3. The molecular formula is C27H31FN8O2S. The van der Waals surface area contributed by atoms with Gasteiger partial charge in [-0.2, -0.15) is 9.97 Å². The van der Waals surface area contributed by atoms with Crippen LogP contribution in [0.5, 0.6) is 0 Å². The highest BCUT2D eigenvalue weighted by Gasteiger charge is 2.47. The standard InChI is InChI=1S/C27H31FN8O2S/c1-34-13-11-27(15-34)16-36(17-27)22-9-8-18(14-20(22)28)30-26-32-24-19(10-12-29-24)25(33-26)31-21-6-4-5-7-23(21)35(2)39(3,37)38/h4-10,12,14H,11,13,15-17H2,1-3H3,(H3,29,30,31,32,33). The number of nitrogens with one attached hydrogen (secondary N) is 3. The third-order valence-electron chi connectivity index (χ3n) is 7.64. The van der Waals surface area contributed by atoms with Gasteiger partial charge in [0.25, 0.3) is 0 Å². The highest BCUT2D eigenvalue weighted by molar-refractivity contribution is 7.92.